The van der Waals surface area contributed by atoms with Crippen molar-refractivity contribution in [3.63, 3.8) is 0 Å². The van der Waals surface area contributed by atoms with E-state index in [-0.39, 0.29) is 10.9 Å². The number of furan rings is 1. The van der Waals surface area contributed by atoms with E-state index in [0.29, 0.717) is 18.8 Å². The summed E-state index contributed by atoms with van der Waals surface area (Å²) in [5.41, 5.74) is 0.632. The maximum absolute atomic E-state index is 12.4. The monoisotopic (exact) mass is 366 g/mol. The van der Waals surface area contributed by atoms with Gasteiger partial charge in [0.2, 0.25) is 5.09 Å². The number of nitrogens with one attached hydrogen (secondary N) is 1. The molecule has 1 aliphatic heterocycles. The van der Waals surface area contributed by atoms with Crippen LogP contribution in [0.4, 0.5) is 5.69 Å². The summed E-state index contributed by atoms with van der Waals surface area (Å²) in [7, 11) is -3.65. The Labute approximate surface area is 145 Å². The van der Waals surface area contributed by atoms with E-state index in [1.54, 1.807) is 17.8 Å². The highest BCUT2D eigenvalue weighted by atomic mass is 32.2. The second kappa shape index (κ2) is 7.00. The molecule has 2 heterocycles. The van der Waals surface area contributed by atoms with Crippen LogP contribution in [-0.4, -0.2) is 38.0 Å². The topological polar surface area (TPSA) is 79.6 Å². The predicted molar refractivity (Wildman–Crippen MR) is 92.9 cm³/mol. The third-order valence-corrected chi connectivity index (χ3v) is 6.29. The minimum absolute atomic E-state index is 0.0256. The van der Waals surface area contributed by atoms with Crippen LogP contribution in [0.25, 0.3) is 0 Å². The number of anilines is 1. The summed E-state index contributed by atoms with van der Waals surface area (Å²) in [6, 6.07) is 10.1. The van der Waals surface area contributed by atoms with Crippen LogP contribution in [0.2, 0.25) is 0 Å². The number of hydrogen-bond acceptors (Lipinski definition) is 5. The van der Waals surface area contributed by atoms with E-state index in [9.17, 15) is 13.2 Å². The van der Waals surface area contributed by atoms with Crippen molar-refractivity contribution in [2.45, 2.75) is 22.8 Å². The number of amides is 1. The molecular weight excluding hydrogens is 348 g/mol. The molecule has 0 spiro atoms. The van der Waals surface area contributed by atoms with Gasteiger partial charge in [-0.1, -0.05) is 6.07 Å². The fraction of sp³-hybridized carbons (Fsp3) is 0.312. The van der Waals surface area contributed by atoms with Crippen LogP contribution in [0.1, 0.15) is 23.4 Å². The van der Waals surface area contributed by atoms with Crippen LogP contribution in [0.3, 0.4) is 0 Å². The summed E-state index contributed by atoms with van der Waals surface area (Å²) in [5, 5.41) is 2.53. The molecule has 1 aromatic heterocycles. The fourth-order valence-corrected chi connectivity index (χ4v) is 4.42. The molecule has 0 aliphatic carbocycles. The normalized spacial score (nSPS) is 15.5. The number of carbonyl (C=O) groups is 1. The smallest absolute Gasteiger partial charge is 0.291 e. The zero-order chi connectivity index (χ0) is 17.2. The summed E-state index contributed by atoms with van der Waals surface area (Å²) in [5.74, 6) is -0.501. The average molecular weight is 366 g/mol. The Balaban J connectivity index is 1.76. The molecule has 24 heavy (non-hydrogen) atoms. The number of hydrogen-bond donors (Lipinski definition) is 1. The molecule has 3 rings (SSSR count). The van der Waals surface area contributed by atoms with Crippen LogP contribution in [0.15, 0.2) is 50.8 Å². The van der Waals surface area contributed by atoms with Gasteiger partial charge in [0.05, 0.1) is 0 Å². The molecular formula is C16H18N2O4S2. The number of carbonyl (C=O) groups excluding carboxylic acids is 1. The van der Waals surface area contributed by atoms with Gasteiger partial charge in [0.25, 0.3) is 15.9 Å². The second-order valence-corrected chi connectivity index (χ2v) is 8.16. The van der Waals surface area contributed by atoms with Crippen LogP contribution in [-0.2, 0) is 10.0 Å². The first kappa shape index (κ1) is 17.1. The molecule has 1 N–H and O–H groups in total. The third kappa shape index (κ3) is 3.50. The molecule has 1 amide bonds. The van der Waals surface area contributed by atoms with Crippen LogP contribution in [0, 0.1) is 0 Å². The van der Waals surface area contributed by atoms with Crippen molar-refractivity contribution in [2.75, 3.05) is 24.7 Å². The van der Waals surface area contributed by atoms with E-state index in [1.807, 2.05) is 24.5 Å². The molecule has 1 saturated heterocycles. The molecule has 0 unspecified atom stereocenters. The Morgan fingerprint density at radius 2 is 1.96 bits per heavy atom. The highest BCUT2D eigenvalue weighted by Gasteiger charge is 2.30. The first-order valence-corrected chi connectivity index (χ1v) is 10.2. The van der Waals surface area contributed by atoms with Gasteiger partial charge in [0.1, 0.15) is 0 Å². The lowest BCUT2D eigenvalue weighted by Gasteiger charge is -2.12. The van der Waals surface area contributed by atoms with Crippen molar-refractivity contribution >= 4 is 33.4 Å². The molecule has 2 aromatic rings. The zero-order valence-corrected chi connectivity index (χ0v) is 14.8. The van der Waals surface area contributed by atoms with E-state index in [0.717, 1.165) is 17.7 Å². The summed E-state index contributed by atoms with van der Waals surface area (Å²) in [6.45, 7) is 0.984. The molecule has 6 nitrogen and oxygen atoms in total. The molecule has 1 fully saturated rings. The number of nitrogens with zero attached hydrogens (tertiary/aromatic N) is 1. The highest BCUT2D eigenvalue weighted by molar-refractivity contribution is 7.98. The van der Waals surface area contributed by atoms with Gasteiger partial charge in [-0.15, -0.1) is 11.8 Å². The van der Waals surface area contributed by atoms with Gasteiger partial charge in [-0.3, -0.25) is 4.79 Å². The van der Waals surface area contributed by atoms with Gasteiger partial charge in [0.15, 0.2) is 5.76 Å². The molecule has 0 bridgehead atoms. The number of sulfonamides is 1. The molecule has 8 heteroatoms. The Hall–Kier alpha value is -1.77. The van der Waals surface area contributed by atoms with Gasteiger partial charge in [-0.2, -0.15) is 4.31 Å². The van der Waals surface area contributed by atoms with Crippen LogP contribution < -0.4 is 5.32 Å². The van der Waals surface area contributed by atoms with Gasteiger partial charge < -0.3 is 9.73 Å². The lowest BCUT2D eigenvalue weighted by molar-refractivity contribution is 0.0991. The molecule has 0 atom stereocenters. The highest BCUT2D eigenvalue weighted by Crippen LogP contribution is 2.24. The predicted octanol–water partition coefficient (Wildman–Crippen LogP) is 3.04. The third-order valence-electron chi connectivity index (χ3n) is 3.79. The summed E-state index contributed by atoms with van der Waals surface area (Å²) >= 11 is 1.57. The summed E-state index contributed by atoms with van der Waals surface area (Å²) in [4.78, 5) is 13.3. The lowest BCUT2D eigenvalue weighted by atomic mass is 10.3. The quantitative estimate of drug-likeness (QED) is 0.823. The Morgan fingerprint density at radius 3 is 2.67 bits per heavy atom. The van der Waals surface area contributed by atoms with Crippen molar-refractivity contribution in [1.82, 2.24) is 4.31 Å². The number of thioether (sulfide) groups is 1. The largest absolute Gasteiger partial charge is 0.438 e. The van der Waals surface area contributed by atoms with E-state index >= 15 is 0 Å². The summed E-state index contributed by atoms with van der Waals surface area (Å²) in [6.07, 6.45) is 3.64. The standard InChI is InChI=1S/C16H18N2O4S2/c1-23-13-6-4-5-12(11-13)17-16(19)14-7-8-15(22-14)24(20,21)18-9-2-3-10-18/h4-8,11H,2-3,9-10H2,1H3,(H,17,19). The maximum Gasteiger partial charge on any atom is 0.291 e. The SMILES string of the molecule is CSc1cccc(NC(=O)c2ccc(S(=O)(=O)N3CCCC3)o2)c1. The second-order valence-electron chi connectivity index (χ2n) is 5.42. The average Bonchev–Trinajstić information content (AvgIpc) is 3.27. The van der Waals surface area contributed by atoms with Gasteiger partial charge in [-0.25, -0.2) is 8.42 Å². The van der Waals surface area contributed by atoms with E-state index < -0.39 is 15.9 Å². The van der Waals surface area contributed by atoms with E-state index in [2.05, 4.69) is 5.32 Å². The van der Waals surface area contributed by atoms with Crippen molar-refractivity contribution in [2.24, 2.45) is 0 Å². The Kier molecular flexibility index (Phi) is 4.98. The van der Waals surface area contributed by atoms with Crippen molar-refractivity contribution in [3.05, 3.63) is 42.2 Å². The fourth-order valence-electron chi connectivity index (χ4n) is 2.53. The Bertz CT molecular complexity index is 839. The van der Waals surface area contributed by atoms with E-state index in [4.69, 9.17) is 4.42 Å². The minimum Gasteiger partial charge on any atom is -0.438 e. The minimum atomic E-state index is -3.65. The van der Waals surface area contributed by atoms with Crippen molar-refractivity contribution in [3.8, 4) is 0 Å². The van der Waals surface area contributed by atoms with Crippen LogP contribution >= 0.6 is 11.8 Å². The maximum atomic E-state index is 12.4. The first-order chi connectivity index (χ1) is 11.5. The molecule has 128 valence electrons. The van der Waals surface area contributed by atoms with Crippen molar-refractivity contribution < 1.29 is 17.6 Å². The molecule has 0 radical (unpaired) electrons. The number of benzene rings is 1. The molecule has 0 saturated carbocycles. The van der Waals surface area contributed by atoms with Gasteiger partial charge >= 0.3 is 0 Å². The zero-order valence-electron chi connectivity index (χ0n) is 13.2. The van der Waals surface area contributed by atoms with Crippen molar-refractivity contribution in [1.29, 1.82) is 0 Å². The van der Waals surface area contributed by atoms with E-state index in [1.165, 1.54) is 16.4 Å². The van der Waals surface area contributed by atoms with Gasteiger partial charge in [-0.05, 0) is 49.4 Å². The Morgan fingerprint density at radius 1 is 1.21 bits per heavy atom. The van der Waals surface area contributed by atoms with Crippen LogP contribution in [0.5, 0.6) is 0 Å². The summed E-state index contributed by atoms with van der Waals surface area (Å²) < 4.78 is 31.5. The number of rotatable bonds is 5. The lowest BCUT2D eigenvalue weighted by Crippen LogP contribution is -2.27. The first-order valence-electron chi connectivity index (χ1n) is 7.56. The van der Waals surface area contributed by atoms with Gasteiger partial charge in [0, 0.05) is 23.7 Å². The molecule has 1 aliphatic rings. The molecule has 1 aromatic carbocycles.